The number of nitrogens with two attached hydrogens (primary N) is 1. The summed E-state index contributed by atoms with van der Waals surface area (Å²) >= 11 is 6.13. The zero-order valence-electron chi connectivity index (χ0n) is 10.5. The normalized spacial score (nSPS) is 10.8. The number of anilines is 1. The highest BCUT2D eigenvalue weighted by Gasteiger charge is 2.16. The fraction of sp³-hybridized carbons (Fsp3) is 0. The van der Waals surface area contributed by atoms with Gasteiger partial charge in [0.1, 0.15) is 0 Å². The molecule has 3 rings (SSSR count). The molecule has 0 aliphatic heterocycles. The molecule has 21 heavy (non-hydrogen) atoms. The van der Waals surface area contributed by atoms with Crippen LogP contribution in [0, 0.1) is 11.6 Å². The molecule has 1 heterocycles. The van der Waals surface area contributed by atoms with E-state index in [-0.39, 0.29) is 16.5 Å². The minimum absolute atomic E-state index is 0.271. The summed E-state index contributed by atoms with van der Waals surface area (Å²) in [6, 6.07) is 8.37. The van der Waals surface area contributed by atoms with Gasteiger partial charge in [-0.1, -0.05) is 17.7 Å². The lowest BCUT2D eigenvalue weighted by Gasteiger charge is -2.07. The van der Waals surface area contributed by atoms with Crippen molar-refractivity contribution < 1.29 is 8.78 Å². The molecule has 0 bridgehead atoms. The quantitative estimate of drug-likeness (QED) is 0.739. The lowest BCUT2D eigenvalue weighted by Crippen LogP contribution is -2.02. The van der Waals surface area contributed by atoms with Crippen molar-refractivity contribution in [2.45, 2.75) is 0 Å². The Labute approximate surface area is 123 Å². The van der Waals surface area contributed by atoms with E-state index in [0.717, 1.165) is 12.1 Å². The van der Waals surface area contributed by atoms with Crippen LogP contribution in [0.2, 0.25) is 5.02 Å². The summed E-state index contributed by atoms with van der Waals surface area (Å²) in [5, 5.41) is 11.5. The summed E-state index contributed by atoms with van der Waals surface area (Å²) in [6.45, 7) is 0. The lowest BCUT2D eigenvalue weighted by molar-refractivity contribution is 0.507. The van der Waals surface area contributed by atoms with Crippen molar-refractivity contribution in [1.82, 2.24) is 20.2 Å². The van der Waals surface area contributed by atoms with Crippen LogP contribution in [0.1, 0.15) is 0 Å². The molecule has 0 spiro atoms. The summed E-state index contributed by atoms with van der Waals surface area (Å²) in [5.74, 6) is -1.67. The van der Waals surface area contributed by atoms with Gasteiger partial charge in [0, 0.05) is 11.6 Å². The molecule has 0 fully saturated rings. The van der Waals surface area contributed by atoms with Gasteiger partial charge in [-0.2, -0.15) is 4.68 Å². The van der Waals surface area contributed by atoms with Crippen LogP contribution in [0.4, 0.5) is 14.5 Å². The fourth-order valence-electron chi connectivity index (χ4n) is 1.87. The van der Waals surface area contributed by atoms with E-state index in [2.05, 4.69) is 15.5 Å². The summed E-state index contributed by atoms with van der Waals surface area (Å²) < 4.78 is 27.6. The third-order valence-electron chi connectivity index (χ3n) is 2.89. The van der Waals surface area contributed by atoms with Crippen molar-refractivity contribution in [2.24, 2.45) is 0 Å². The molecule has 2 aromatic carbocycles. The van der Waals surface area contributed by atoms with Crippen LogP contribution >= 0.6 is 11.6 Å². The van der Waals surface area contributed by atoms with E-state index in [0.29, 0.717) is 11.3 Å². The number of nitrogens with zero attached hydrogens (tertiary/aromatic N) is 4. The van der Waals surface area contributed by atoms with Crippen molar-refractivity contribution in [3.8, 4) is 17.1 Å². The van der Waals surface area contributed by atoms with Gasteiger partial charge in [0.05, 0.1) is 16.4 Å². The summed E-state index contributed by atoms with van der Waals surface area (Å²) in [4.78, 5) is 0. The van der Waals surface area contributed by atoms with Crippen LogP contribution in [0.3, 0.4) is 0 Å². The number of tetrazole rings is 1. The summed E-state index contributed by atoms with van der Waals surface area (Å²) in [5.41, 5.74) is 6.87. The summed E-state index contributed by atoms with van der Waals surface area (Å²) in [6.07, 6.45) is 0. The highest BCUT2D eigenvalue weighted by Crippen LogP contribution is 2.31. The summed E-state index contributed by atoms with van der Waals surface area (Å²) in [7, 11) is 0. The van der Waals surface area contributed by atoms with E-state index >= 15 is 0 Å². The van der Waals surface area contributed by atoms with Gasteiger partial charge in [-0.3, -0.25) is 0 Å². The van der Waals surface area contributed by atoms with Crippen LogP contribution < -0.4 is 5.73 Å². The first-order valence-electron chi connectivity index (χ1n) is 5.86. The van der Waals surface area contributed by atoms with Gasteiger partial charge in [0.2, 0.25) is 0 Å². The number of benzene rings is 2. The minimum Gasteiger partial charge on any atom is -0.398 e. The average molecular weight is 308 g/mol. The fourth-order valence-corrected chi connectivity index (χ4v) is 2.08. The zero-order chi connectivity index (χ0) is 15.0. The number of aromatic nitrogens is 4. The Morgan fingerprint density at radius 2 is 1.90 bits per heavy atom. The monoisotopic (exact) mass is 307 g/mol. The van der Waals surface area contributed by atoms with E-state index < -0.39 is 11.6 Å². The first-order valence-corrected chi connectivity index (χ1v) is 6.24. The maximum atomic E-state index is 13.3. The Hall–Kier alpha value is -2.54. The molecule has 0 aliphatic carbocycles. The third-order valence-corrected chi connectivity index (χ3v) is 3.31. The number of hydrogen-bond donors (Lipinski definition) is 1. The molecule has 0 atom stereocenters. The molecule has 2 N–H and O–H groups in total. The first-order chi connectivity index (χ1) is 10.1. The highest BCUT2D eigenvalue weighted by atomic mass is 35.5. The van der Waals surface area contributed by atoms with E-state index in [9.17, 15) is 8.78 Å². The van der Waals surface area contributed by atoms with E-state index in [1.807, 2.05) is 0 Å². The highest BCUT2D eigenvalue weighted by molar-refractivity contribution is 6.35. The van der Waals surface area contributed by atoms with E-state index in [1.54, 1.807) is 18.2 Å². The molecule has 0 unspecified atom stereocenters. The maximum absolute atomic E-state index is 13.3. The molecule has 0 radical (unpaired) electrons. The molecule has 8 heteroatoms. The van der Waals surface area contributed by atoms with Crippen molar-refractivity contribution >= 4 is 17.3 Å². The van der Waals surface area contributed by atoms with E-state index in [4.69, 9.17) is 17.3 Å². The molecular weight excluding hydrogens is 300 g/mol. The van der Waals surface area contributed by atoms with E-state index in [1.165, 1.54) is 10.7 Å². The van der Waals surface area contributed by atoms with Crippen LogP contribution in [0.5, 0.6) is 0 Å². The SMILES string of the molecule is Nc1cccc(-c2nnnn2-c2ccc(F)c(F)c2)c1Cl. The standard InChI is InChI=1S/C13H8ClF2N5/c14-12-8(2-1-3-11(12)17)13-18-19-20-21(13)7-4-5-9(15)10(16)6-7/h1-6H,17H2. The van der Waals surface area contributed by atoms with Gasteiger partial charge in [-0.15, -0.1) is 5.10 Å². The smallest absolute Gasteiger partial charge is 0.188 e. The second kappa shape index (κ2) is 5.10. The lowest BCUT2D eigenvalue weighted by atomic mass is 10.2. The Kier molecular flexibility index (Phi) is 3.26. The van der Waals surface area contributed by atoms with Crippen molar-refractivity contribution in [2.75, 3.05) is 5.73 Å². The van der Waals surface area contributed by atoms with Gasteiger partial charge < -0.3 is 5.73 Å². The molecule has 0 saturated heterocycles. The van der Waals surface area contributed by atoms with Crippen molar-refractivity contribution in [3.63, 3.8) is 0 Å². The molecule has 106 valence electrons. The van der Waals surface area contributed by atoms with Crippen LogP contribution in [-0.2, 0) is 0 Å². The van der Waals surface area contributed by atoms with Crippen molar-refractivity contribution in [3.05, 3.63) is 53.1 Å². The molecule has 0 saturated carbocycles. The van der Waals surface area contributed by atoms with Gasteiger partial charge in [-0.25, -0.2) is 8.78 Å². The van der Waals surface area contributed by atoms with Crippen LogP contribution in [-0.4, -0.2) is 20.2 Å². The number of hydrogen-bond acceptors (Lipinski definition) is 4. The van der Waals surface area contributed by atoms with Gasteiger partial charge in [-0.05, 0) is 34.7 Å². The zero-order valence-corrected chi connectivity index (χ0v) is 11.2. The van der Waals surface area contributed by atoms with Gasteiger partial charge in [0.25, 0.3) is 0 Å². The number of nitrogen functional groups attached to an aromatic ring is 1. The molecular formula is C13H8ClF2N5. The predicted molar refractivity (Wildman–Crippen MR) is 73.9 cm³/mol. The second-order valence-electron chi connectivity index (χ2n) is 4.22. The average Bonchev–Trinajstić information content (AvgIpc) is 2.94. The Morgan fingerprint density at radius 1 is 1.10 bits per heavy atom. The van der Waals surface area contributed by atoms with Crippen LogP contribution in [0.15, 0.2) is 36.4 Å². The predicted octanol–water partition coefficient (Wildman–Crippen LogP) is 2.84. The minimum atomic E-state index is -0.993. The van der Waals surface area contributed by atoms with Crippen molar-refractivity contribution in [1.29, 1.82) is 0 Å². The Morgan fingerprint density at radius 3 is 2.67 bits per heavy atom. The topological polar surface area (TPSA) is 69.6 Å². The molecule has 1 aromatic heterocycles. The molecule has 0 amide bonds. The molecule has 3 aromatic rings. The number of rotatable bonds is 2. The second-order valence-corrected chi connectivity index (χ2v) is 4.60. The first kappa shape index (κ1) is 13.4. The van der Waals surface area contributed by atoms with Crippen LogP contribution in [0.25, 0.3) is 17.1 Å². The number of halogens is 3. The molecule has 5 nitrogen and oxygen atoms in total. The van der Waals surface area contributed by atoms with Gasteiger partial charge in [0.15, 0.2) is 17.5 Å². The van der Waals surface area contributed by atoms with Gasteiger partial charge >= 0.3 is 0 Å². The third kappa shape index (κ3) is 2.31. The maximum Gasteiger partial charge on any atom is 0.188 e. The largest absolute Gasteiger partial charge is 0.398 e. The molecule has 0 aliphatic rings. The Balaban J connectivity index is 2.17. The Bertz CT molecular complexity index is 818.